The molecule has 5 nitrogen and oxygen atoms in total. The summed E-state index contributed by atoms with van der Waals surface area (Å²) in [5.74, 6) is 0.344. The summed E-state index contributed by atoms with van der Waals surface area (Å²) >= 11 is 6.04. The van der Waals surface area contributed by atoms with Crippen molar-refractivity contribution in [3.8, 4) is 11.5 Å². The van der Waals surface area contributed by atoms with Crippen LogP contribution in [-0.4, -0.2) is 16.8 Å². The lowest BCUT2D eigenvalue weighted by molar-refractivity contribution is 0.409. The van der Waals surface area contributed by atoms with Crippen LogP contribution in [0.5, 0.6) is 11.5 Å². The molecule has 0 aliphatic carbocycles. The van der Waals surface area contributed by atoms with Gasteiger partial charge in [0.1, 0.15) is 11.5 Å². The summed E-state index contributed by atoms with van der Waals surface area (Å²) in [6.45, 7) is 0. The number of nitrogen functional groups attached to an aromatic ring is 1. The van der Waals surface area contributed by atoms with E-state index in [2.05, 4.69) is 0 Å². The first-order chi connectivity index (χ1) is 9.93. The molecule has 0 unspecified atom stereocenters. The summed E-state index contributed by atoms with van der Waals surface area (Å²) in [6.07, 6.45) is 0. The second-order valence-electron chi connectivity index (χ2n) is 4.82. The lowest BCUT2D eigenvalue weighted by atomic mass is 10.1. The molecule has 1 aromatic heterocycles. The number of hydrogen-bond acceptors (Lipinski definition) is 4. The van der Waals surface area contributed by atoms with Crippen LogP contribution in [0.15, 0.2) is 29.1 Å². The lowest BCUT2D eigenvalue weighted by Gasteiger charge is -2.13. The molecule has 1 heterocycles. The van der Waals surface area contributed by atoms with Gasteiger partial charge in [0, 0.05) is 24.6 Å². The largest absolute Gasteiger partial charge is 0.507 e. The van der Waals surface area contributed by atoms with Crippen LogP contribution >= 0.6 is 11.6 Å². The highest BCUT2D eigenvalue weighted by Gasteiger charge is 2.15. The fourth-order valence-corrected chi connectivity index (χ4v) is 2.66. The molecule has 0 amide bonds. The Morgan fingerprint density at radius 3 is 2.62 bits per heavy atom. The van der Waals surface area contributed by atoms with Crippen molar-refractivity contribution in [2.75, 3.05) is 12.8 Å². The monoisotopic (exact) mass is 304 g/mol. The number of nitrogens with two attached hydrogens (primary N) is 1. The summed E-state index contributed by atoms with van der Waals surface area (Å²) in [5, 5.41) is 11.1. The highest BCUT2D eigenvalue weighted by atomic mass is 35.5. The van der Waals surface area contributed by atoms with Crippen molar-refractivity contribution in [2.24, 2.45) is 7.05 Å². The second kappa shape index (κ2) is 4.56. The zero-order valence-corrected chi connectivity index (χ0v) is 12.2. The fraction of sp³-hybridized carbons (Fsp3) is 0.133. The Morgan fingerprint density at radius 1 is 1.24 bits per heavy atom. The molecule has 0 saturated carbocycles. The lowest BCUT2D eigenvalue weighted by Crippen LogP contribution is -2.10. The van der Waals surface area contributed by atoms with Crippen LogP contribution in [0.1, 0.15) is 0 Å². The minimum Gasteiger partial charge on any atom is -0.507 e. The number of fused-ring (bicyclic) bond motifs is 2. The number of benzene rings is 2. The number of rotatable bonds is 1. The van der Waals surface area contributed by atoms with Crippen molar-refractivity contribution >= 4 is 39.1 Å². The Balaban J connectivity index is 2.62. The molecule has 21 heavy (non-hydrogen) atoms. The molecule has 3 N–H and O–H groups in total. The third-order valence-electron chi connectivity index (χ3n) is 3.62. The molecule has 2 aromatic carbocycles. The zero-order chi connectivity index (χ0) is 15.3. The zero-order valence-electron chi connectivity index (χ0n) is 11.5. The number of hydrogen-bond donors (Lipinski definition) is 2. The highest BCUT2D eigenvalue weighted by molar-refractivity contribution is 6.34. The number of pyridine rings is 1. The Labute approximate surface area is 125 Å². The number of nitrogens with zero attached hydrogens (tertiary/aromatic N) is 1. The number of phenols is 1. The Morgan fingerprint density at radius 2 is 1.95 bits per heavy atom. The molecule has 3 rings (SSSR count). The van der Waals surface area contributed by atoms with Crippen molar-refractivity contribution < 1.29 is 9.84 Å². The number of aromatic hydroxyl groups is 1. The Hall–Kier alpha value is -2.40. The van der Waals surface area contributed by atoms with Gasteiger partial charge in [0.2, 0.25) is 5.43 Å². The Kier molecular flexibility index (Phi) is 2.95. The first kappa shape index (κ1) is 13.6. The minimum absolute atomic E-state index is 0.125. The summed E-state index contributed by atoms with van der Waals surface area (Å²) in [4.78, 5) is 12.6. The van der Waals surface area contributed by atoms with Gasteiger partial charge in [-0.2, -0.15) is 0 Å². The maximum Gasteiger partial charge on any atom is 0.201 e. The van der Waals surface area contributed by atoms with Crippen LogP contribution in [0.3, 0.4) is 0 Å². The molecule has 0 radical (unpaired) electrons. The van der Waals surface area contributed by atoms with E-state index in [4.69, 9.17) is 22.1 Å². The molecule has 0 spiro atoms. The van der Waals surface area contributed by atoms with E-state index in [1.54, 1.807) is 23.7 Å². The molecule has 0 saturated heterocycles. The molecular weight excluding hydrogens is 292 g/mol. The summed E-state index contributed by atoms with van der Waals surface area (Å²) in [7, 11) is 3.28. The van der Waals surface area contributed by atoms with Gasteiger partial charge in [-0.05, 0) is 12.1 Å². The fourth-order valence-electron chi connectivity index (χ4n) is 2.51. The predicted molar refractivity (Wildman–Crippen MR) is 84.3 cm³/mol. The van der Waals surface area contributed by atoms with Gasteiger partial charge in [-0.25, -0.2) is 0 Å². The number of methoxy groups -OCH3 is 1. The number of aryl methyl sites for hydroxylation is 1. The van der Waals surface area contributed by atoms with Crippen LogP contribution < -0.4 is 15.9 Å². The van der Waals surface area contributed by atoms with E-state index in [1.165, 1.54) is 19.2 Å². The van der Waals surface area contributed by atoms with E-state index in [1.807, 2.05) is 0 Å². The average molecular weight is 305 g/mol. The van der Waals surface area contributed by atoms with Crippen LogP contribution in [0, 0.1) is 0 Å². The molecule has 0 fully saturated rings. The standard InChI is InChI=1S/C15H13ClN2O3/c1-18-11-6-9(16)10(17)5-8(11)15(20)14-12(18)3-7(21-2)4-13(14)19/h3-6,19H,17H2,1-2H3. The maximum absolute atomic E-state index is 12.6. The van der Waals surface area contributed by atoms with E-state index in [0.29, 0.717) is 32.9 Å². The predicted octanol–water partition coefficient (Wildman–Crippen LogP) is 2.64. The number of aromatic nitrogens is 1. The third-order valence-corrected chi connectivity index (χ3v) is 3.94. The smallest absolute Gasteiger partial charge is 0.201 e. The van der Waals surface area contributed by atoms with Gasteiger partial charge >= 0.3 is 0 Å². The normalized spacial score (nSPS) is 11.2. The Bertz CT molecular complexity index is 947. The first-order valence-corrected chi connectivity index (χ1v) is 6.60. The summed E-state index contributed by atoms with van der Waals surface area (Å²) in [5.41, 5.74) is 7.01. The number of ether oxygens (including phenoxy) is 1. The van der Waals surface area contributed by atoms with Crippen molar-refractivity contribution in [3.05, 3.63) is 39.5 Å². The maximum atomic E-state index is 12.6. The van der Waals surface area contributed by atoms with Crippen LogP contribution in [0.4, 0.5) is 5.69 Å². The minimum atomic E-state index is -0.290. The second-order valence-corrected chi connectivity index (χ2v) is 5.23. The van der Waals surface area contributed by atoms with Gasteiger partial charge in [-0.15, -0.1) is 0 Å². The molecular formula is C15H13ClN2O3. The van der Waals surface area contributed by atoms with E-state index in [0.717, 1.165) is 0 Å². The van der Waals surface area contributed by atoms with E-state index < -0.39 is 0 Å². The topological polar surface area (TPSA) is 77.5 Å². The van der Waals surface area contributed by atoms with Crippen molar-refractivity contribution in [1.82, 2.24) is 4.57 Å². The SMILES string of the molecule is COc1cc(O)c2c(=O)c3cc(N)c(Cl)cc3n(C)c2c1. The molecule has 6 heteroatoms. The van der Waals surface area contributed by atoms with Crippen molar-refractivity contribution in [3.63, 3.8) is 0 Å². The first-order valence-electron chi connectivity index (χ1n) is 6.22. The van der Waals surface area contributed by atoms with Gasteiger partial charge in [-0.3, -0.25) is 4.79 Å². The van der Waals surface area contributed by atoms with Crippen molar-refractivity contribution in [1.29, 1.82) is 0 Å². The molecule has 0 bridgehead atoms. The molecule has 0 atom stereocenters. The van der Waals surface area contributed by atoms with Crippen molar-refractivity contribution in [2.45, 2.75) is 0 Å². The third kappa shape index (κ3) is 1.89. The average Bonchev–Trinajstić information content (AvgIpc) is 2.46. The number of phenolic OH excluding ortho intramolecular Hbond substituents is 1. The number of halogens is 1. The molecule has 108 valence electrons. The van der Waals surface area contributed by atoms with Crippen LogP contribution in [0.2, 0.25) is 5.02 Å². The summed E-state index contributed by atoms with van der Waals surface area (Å²) < 4.78 is 6.91. The van der Waals surface area contributed by atoms with Crippen LogP contribution in [-0.2, 0) is 7.05 Å². The van der Waals surface area contributed by atoms with Gasteiger partial charge in [-0.1, -0.05) is 11.6 Å². The van der Waals surface area contributed by atoms with E-state index >= 15 is 0 Å². The van der Waals surface area contributed by atoms with Gasteiger partial charge < -0.3 is 20.1 Å². The molecule has 3 aromatic rings. The number of anilines is 1. The van der Waals surface area contributed by atoms with E-state index in [-0.39, 0.29) is 16.6 Å². The van der Waals surface area contributed by atoms with Crippen LogP contribution in [0.25, 0.3) is 21.8 Å². The van der Waals surface area contributed by atoms with Gasteiger partial charge in [0.25, 0.3) is 0 Å². The molecule has 0 aliphatic rings. The summed E-state index contributed by atoms with van der Waals surface area (Å²) in [6, 6.07) is 6.28. The highest BCUT2D eigenvalue weighted by Crippen LogP contribution is 2.32. The quantitative estimate of drug-likeness (QED) is 0.535. The van der Waals surface area contributed by atoms with E-state index in [9.17, 15) is 9.90 Å². The molecule has 0 aliphatic heterocycles. The van der Waals surface area contributed by atoms with Gasteiger partial charge in [0.05, 0.1) is 34.2 Å². The van der Waals surface area contributed by atoms with Gasteiger partial charge in [0.15, 0.2) is 0 Å².